The van der Waals surface area contributed by atoms with Crippen LogP contribution in [0.5, 0.6) is 0 Å². The van der Waals surface area contributed by atoms with Crippen LogP contribution in [0.25, 0.3) is 88.0 Å². The maximum atomic E-state index is 7.09. The average Bonchev–Trinajstić information content (AvgIpc) is 3.91. The minimum Gasteiger partial charge on any atom is -0.455 e. The third-order valence-electron chi connectivity index (χ3n) is 12.5. The Bertz CT molecular complexity index is 3420. The molecule has 11 aromatic rings. The van der Waals surface area contributed by atoms with Crippen molar-refractivity contribution in [2.75, 3.05) is 4.90 Å². The highest BCUT2D eigenvalue weighted by atomic mass is 16.3. The highest BCUT2D eigenvalue weighted by Crippen LogP contribution is 2.51. The summed E-state index contributed by atoms with van der Waals surface area (Å²) in [4.78, 5) is 2.37. The second-order valence-electron chi connectivity index (χ2n) is 16.1. The standard InChI is InChI=1S/C55H37NO2/c1-55(2)48-21-10-8-17-41(48)42-29-27-38(32-49(42)55)56(37-25-23-35(24-26-37)34-13-4-3-5-14-34)39-28-30-44-47-31-36-15-6-7-16-40(36)52(54(47)58-51(44)33-39)46-20-12-19-45-43-18-9-11-22-50(43)57-53(45)46/h3-33H,1-2H3. The van der Waals surface area contributed by atoms with Crippen LogP contribution in [0, 0.1) is 0 Å². The van der Waals surface area contributed by atoms with Gasteiger partial charge in [-0.1, -0.05) is 147 Å². The second-order valence-corrected chi connectivity index (χ2v) is 16.1. The first-order valence-electron chi connectivity index (χ1n) is 20.0. The zero-order chi connectivity index (χ0) is 38.5. The van der Waals surface area contributed by atoms with Gasteiger partial charge in [-0.05, 0) is 92.7 Å². The van der Waals surface area contributed by atoms with E-state index in [9.17, 15) is 0 Å². The van der Waals surface area contributed by atoms with Gasteiger partial charge in [-0.25, -0.2) is 0 Å². The van der Waals surface area contributed by atoms with Crippen LogP contribution in [0.15, 0.2) is 197 Å². The maximum absolute atomic E-state index is 7.09. The predicted molar refractivity (Wildman–Crippen MR) is 242 cm³/mol. The molecule has 58 heavy (non-hydrogen) atoms. The minimum atomic E-state index is -0.130. The highest BCUT2D eigenvalue weighted by Gasteiger charge is 2.36. The van der Waals surface area contributed by atoms with Crippen molar-refractivity contribution in [3.63, 3.8) is 0 Å². The summed E-state index contributed by atoms with van der Waals surface area (Å²) >= 11 is 0. The molecule has 2 heterocycles. The van der Waals surface area contributed by atoms with Gasteiger partial charge in [-0.3, -0.25) is 0 Å². The number of benzene rings is 9. The molecule has 0 fully saturated rings. The van der Waals surface area contributed by atoms with Crippen molar-refractivity contribution in [3.8, 4) is 33.4 Å². The molecule has 2 aromatic heterocycles. The van der Waals surface area contributed by atoms with E-state index in [1.165, 1.54) is 33.4 Å². The summed E-state index contributed by atoms with van der Waals surface area (Å²) in [6.45, 7) is 4.68. The predicted octanol–water partition coefficient (Wildman–Crippen LogP) is 15.7. The topological polar surface area (TPSA) is 29.5 Å². The fourth-order valence-electron chi connectivity index (χ4n) is 9.63. The molecule has 3 heteroatoms. The number of hydrogen-bond donors (Lipinski definition) is 0. The molecular formula is C55H37NO2. The van der Waals surface area contributed by atoms with Crippen molar-refractivity contribution in [3.05, 3.63) is 199 Å². The van der Waals surface area contributed by atoms with E-state index in [0.29, 0.717) is 0 Å². The fraction of sp³-hybridized carbons (Fsp3) is 0.0545. The first-order chi connectivity index (χ1) is 28.5. The van der Waals surface area contributed by atoms with Gasteiger partial charge in [0.1, 0.15) is 22.3 Å². The van der Waals surface area contributed by atoms with Crippen LogP contribution in [0.1, 0.15) is 25.0 Å². The largest absolute Gasteiger partial charge is 0.455 e. The Labute approximate surface area is 336 Å². The van der Waals surface area contributed by atoms with E-state index in [1.807, 2.05) is 12.1 Å². The smallest absolute Gasteiger partial charge is 0.144 e. The summed E-state index contributed by atoms with van der Waals surface area (Å²) in [5.41, 5.74) is 16.3. The molecular weight excluding hydrogens is 707 g/mol. The Hall–Kier alpha value is -7.36. The Morgan fingerprint density at radius 2 is 1.00 bits per heavy atom. The summed E-state index contributed by atoms with van der Waals surface area (Å²) in [5.74, 6) is 0. The van der Waals surface area contributed by atoms with E-state index in [2.05, 4.69) is 195 Å². The molecule has 0 unspecified atom stereocenters. The number of anilines is 3. The number of nitrogens with zero attached hydrogens (tertiary/aromatic N) is 1. The van der Waals surface area contributed by atoms with Crippen LogP contribution in [0.2, 0.25) is 0 Å². The monoisotopic (exact) mass is 743 g/mol. The summed E-state index contributed by atoms with van der Waals surface area (Å²) in [7, 11) is 0. The van der Waals surface area contributed by atoms with E-state index in [-0.39, 0.29) is 5.41 Å². The van der Waals surface area contributed by atoms with E-state index in [0.717, 1.165) is 82.8 Å². The van der Waals surface area contributed by atoms with Crippen LogP contribution >= 0.6 is 0 Å². The molecule has 0 spiro atoms. The van der Waals surface area contributed by atoms with Crippen LogP contribution in [0.3, 0.4) is 0 Å². The molecule has 9 aromatic carbocycles. The Balaban J connectivity index is 1.07. The van der Waals surface area contributed by atoms with Crippen LogP contribution in [-0.4, -0.2) is 0 Å². The average molecular weight is 744 g/mol. The van der Waals surface area contributed by atoms with Crippen molar-refractivity contribution in [2.24, 2.45) is 0 Å². The van der Waals surface area contributed by atoms with Crippen molar-refractivity contribution in [2.45, 2.75) is 19.3 Å². The van der Waals surface area contributed by atoms with Crippen molar-refractivity contribution in [1.82, 2.24) is 0 Å². The molecule has 0 aliphatic heterocycles. The maximum Gasteiger partial charge on any atom is 0.144 e. The normalized spacial score (nSPS) is 13.1. The number of rotatable bonds is 5. The van der Waals surface area contributed by atoms with E-state index >= 15 is 0 Å². The molecule has 1 aliphatic rings. The van der Waals surface area contributed by atoms with Gasteiger partial charge < -0.3 is 13.7 Å². The lowest BCUT2D eigenvalue weighted by molar-refractivity contribution is 0.660. The second kappa shape index (κ2) is 12.3. The van der Waals surface area contributed by atoms with Gasteiger partial charge in [0.25, 0.3) is 0 Å². The lowest BCUT2D eigenvalue weighted by atomic mass is 9.82. The molecule has 12 rings (SSSR count). The molecule has 0 saturated heterocycles. The third-order valence-corrected chi connectivity index (χ3v) is 12.5. The number of para-hydroxylation sites is 2. The summed E-state index contributed by atoms with van der Waals surface area (Å²) in [5, 5.41) is 6.66. The van der Waals surface area contributed by atoms with E-state index in [4.69, 9.17) is 8.83 Å². The van der Waals surface area contributed by atoms with Gasteiger partial charge >= 0.3 is 0 Å². The Morgan fingerprint density at radius 1 is 0.379 bits per heavy atom. The Morgan fingerprint density at radius 3 is 1.88 bits per heavy atom. The van der Waals surface area contributed by atoms with Crippen LogP contribution in [0.4, 0.5) is 17.1 Å². The quantitative estimate of drug-likeness (QED) is 0.176. The molecule has 0 amide bonds. The third kappa shape index (κ3) is 4.80. The lowest BCUT2D eigenvalue weighted by Gasteiger charge is -2.28. The summed E-state index contributed by atoms with van der Waals surface area (Å²) in [6.07, 6.45) is 0. The van der Waals surface area contributed by atoms with E-state index in [1.54, 1.807) is 0 Å². The van der Waals surface area contributed by atoms with Crippen molar-refractivity contribution < 1.29 is 8.83 Å². The molecule has 1 aliphatic carbocycles. The van der Waals surface area contributed by atoms with Gasteiger partial charge in [0.05, 0.1) is 0 Å². The first kappa shape index (κ1) is 32.8. The van der Waals surface area contributed by atoms with Crippen LogP contribution in [-0.2, 0) is 5.41 Å². The fourth-order valence-corrected chi connectivity index (χ4v) is 9.63. The molecule has 0 atom stereocenters. The van der Waals surface area contributed by atoms with Crippen molar-refractivity contribution in [1.29, 1.82) is 0 Å². The zero-order valence-electron chi connectivity index (χ0n) is 32.2. The molecule has 3 nitrogen and oxygen atoms in total. The molecule has 274 valence electrons. The minimum absolute atomic E-state index is 0.130. The highest BCUT2D eigenvalue weighted by molar-refractivity contribution is 6.22. The Kier molecular flexibility index (Phi) is 6.98. The van der Waals surface area contributed by atoms with Gasteiger partial charge in [-0.2, -0.15) is 0 Å². The van der Waals surface area contributed by atoms with Crippen LogP contribution < -0.4 is 4.90 Å². The van der Waals surface area contributed by atoms with Gasteiger partial charge in [0, 0.05) is 61.2 Å². The summed E-state index contributed by atoms with van der Waals surface area (Å²) in [6, 6.07) is 67.6. The first-order valence-corrected chi connectivity index (χ1v) is 20.0. The van der Waals surface area contributed by atoms with Gasteiger partial charge in [0.15, 0.2) is 0 Å². The number of furan rings is 2. The molecule has 0 N–H and O–H groups in total. The lowest BCUT2D eigenvalue weighted by Crippen LogP contribution is -2.16. The molecule has 0 saturated carbocycles. The van der Waals surface area contributed by atoms with Crippen molar-refractivity contribution >= 4 is 71.7 Å². The van der Waals surface area contributed by atoms with Gasteiger partial charge in [-0.15, -0.1) is 0 Å². The molecule has 0 bridgehead atoms. The summed E-state index contributed by atoms with van der Waals surface area (Å²) < 4.78 is 13.7. The van der Waals surface area contributed by atoms with E-state index < -0.39 is 0 Å². The SMILES string of the molecule is CC1(C)c2ccccc2-c2ccc(N(c3ccc(-c4ccccc4)cc3)c3ccc4c(c3)oc3c(-c5cccc6c5oc5ccccc56)c5ccccc5cc34)cc21. The number of fused-ring (bicyclic) bond motifs is 10. The zero-order valence-corrected chi connectivity index (χ0v) is 32.2. The van der Waals surface area contributed by atoms with Gasteiger partial charge in [0.2, 0.25) is 0 Å². The molecule has 0 radical (unpaired) electrons. The number of hydrogen-bond acceptors (Lipinski definition) is 3.